The number of nitrogens with zero attached hydrogens (tertiary/aromatic N) is 3. The maximum absolute atomic E-state index is 12.4. The van der Waals surface area contributed by atoms with E-state index < -0.39 is 0 Å². The van der Waals surface area contributed by atoms with Gasteiger partial charge in [0.05, 0.1) is 26.0 Å². The fourth-order valence-corrected chi connectivity index (χ4v) is 3.60. The number of benzene rings is 1. The lowest BCUT2D eigenvalue weighted by Crippen LogP contribution is -2.45. The van der Waals surface area contributed by atoms with Gasteiger partial charge in [0.1, 0.15) is 11.9 Å². The van der Waals surface area contributed by atoms with Crippen molar-refractivity contribution in [2.45, 2.75) is 26.4 Å². The second-order valence-corrected chi connectivity index (χ2v) is 7.28. The van der Waals surface area contributed by atoms with Crippen molar-refractivity contribution in [3.05, 3.63) is 59.4 Å². The van der Waals surface area contributed by atoms with E-state index in [1.807, 2.05) is 43.1 Å². The summed E-state index contributed by atoms with van der Waals surface area (Å²) in [4.78, 5) is 21.1. The average Bonchev–Trinajstić information content (AvgIpc) is 2.76. The molecule has 0 spiro atoms. The predicted octanol–water partition coefficient (Wildman–Crippen LogP) is 2.92. The summed E-state index contributed by atoms with van der Waals surface area (Å²) in [6.45, 7) is 8.06. The summed E-state index contributed by atoms with van der Waals surface area (Å²) < 4.78 is 11.1. The Balaban J connectivity index is 1.57. The summed E-state index contributed by atoms with van der Waals surface area (Å²) >= 11 is 0. The maximum atomic E-state index is 12.4. The van der Waals surface area contributed by atoms with E-state index in [1.165, 1.54) is 5.56 Å². The summed E-state index contributed by atoms with van der Waals surface area (Å²) in [6.07, 6.45) is 2.65. The van der Waals surface area contributed by atoms with E-state index >= 15 is 0 Å². The highest BCUT2D eigenvalue weighted by molar-refractivity contribution is 5.78. The topological polar surface area (TPSA) is 54.9 Å². The number of aromatic nitrogens is 1. The molecule has 0 radical (unpaired) electrons. The number of carbonyl (C=O) groups excluding carboxylic acids is 1. The molecule has 1 unspecified atom stereocenters. The fourth-order valence-electron chi connectivity index (χ4n) is 3.60. The number of rotatable bonds is 8. The predicted molar refractivity (Wildman–Crippen MR) is 113 cm³/mol. The third-order valence-corrected chi connectivity index (χ3v) is 5.37. The molecule has 2 heterocycles. The Kier molecular flexibility index (Phi) is 7.61. The van der Waals surface area contributed by atoms with Crippen molar-refractivity contribution in [2.24, 2.45) is 0 Å². The van der Waals surface area contributed by atoms with Gasteiger partial charge in [-0.15, -0.1) is 0 Å². The molecule has 1 aromatic carbocycles. The average molecular weight is 398 g/mol. The van der Waals surface area contributed by atoms with Crippen LogP contribution in [0, 0.1) is 0 Å². The Morgan fingerprint density at radius 3 is 2.52 bits per heavy atom. The Morgan fingerprint density at radius 1 is 1.17 bits per heavy atom. The zero-order valence-corrected chi connectivity index (χ0v) is 17.6. The van der Waals surface area contributed by atoms with E-state index in [0.717, 1.165) is 43.1 Å². The van der Waals surface area contributed by atoms with Gasteiger partial charge in [0.25, 0.3) is 0 Å². The molecule has 29 heavy (non-hydrogen) atoms. The number of likely N-dealkylation sites (N-methyl/N-ethyl adjacent to an activating group) is 1. The van der Waals surface area contributed by atoms with Gasteiger partial charge in [-0.2, -0.15) is 0 Å². The highest BCUT2D eigenvalue weighted by Crippen LogP contribution is 2.22. The highest BCUT2D eigenvalue weighted by Gasteiger charge is 2.25. The first kappa shape index (κ1) is 21.3. The van der Waals surface area contributed by atoms with E-state index in [4.69, 9.17) is 9.47 Å². The van der Waals surface area contributed by atoms with Crippen LogP contribution in [-0.4, -0.2) is 67.1 Å². The lowest BCUT2D eigenvalue weighted by atomic mass is 10.1. The number of pyridine rings is 1. The van der Waals surface area contributed by atoms with Crippen molar-refractivity contribution in [2.75, 3.05) is 46.4 Å². The first-order valence-corrected chi connectivity index (χ1v) is 10.3. The highest BCUT2D eigenvalue weighted by atomic mass is 16.5. The molecular formula is C23H31N3O3. The minimum atomic E-state index is -0.0942. The number of methoxy groups -OCH3 is 1. The van der Waals surface area contributed by atoms with Crippen molar-refractivity contribution in [3.8, 4) is 5.75 Å². The molecule has 0 N–H and O–H groups in total. The van der Waals surface area contributed by atoms with Gasteiger partial charge in [0, 0.05) is 32.4 Å². The molecule has 156 valence electrons. The molecule has 0 aliphatic carbocycles. The van der Waals surface area contributed by atoms with Crippen LogP contribution in [0.5, 0.6) is 5.75 Å². The Labute approximate surface area is 173 Å². The number of ether oxygens (including phenoxy) is 2. The molecule has 1 aliphatic rings. The fraction of sp³-hybridized carbons (Fsp3) is 0.478. The third kappa shape index (κ3) is 5.78. The van der Waals surface area contributed by atoms with Crippen LogP contribution >= 0.6 is 0 Å². The first-order chi connectivity index (χ1) is 14.1. The normalized spacial score (nSPS) is 17.1. The van der Waals surface area contributed by atoms with Crippen molar-refractivity contribution in [3.63, 3.8) is 0 Å². The van der Waals surface area contributed by atoms with Crippen LogP contribution in [0.3, 0.4) is 0 Å². The van der Waals surface area contributed by atoms with Gasteiger partial charge in [-0.05, 0) is 49.6 Å². The summed E-state index contributed by atoms with van der Waals surface area (Å²) in [5, 5.41) is 0. The smallest absolute Gasteiger partial charge is 0.236 e. The molecule has 1 fully saturated rings. The number of hydrogen-bond donors (Lipinski definition) is 0. The molecule has 3 rings (SSSR count). The van der Waals surface area contributed by atoms with Crippen LogP contribution in [0.2, 0.25) is 0 Å². The molecule has 1 amide bonds. The minimum absolute atomic E-state index is 0.0942. The van der Waals surface area contributed by atoms with Gasteiger partial charge in [-0.3, -0.25) is 14.7 Å². The van der Waals surface area contributed by atoms with E-state index in [0.29, 0.717) is 19.7 Å². The largest absolute Gasteiger partial charge is 0.497 e. The zero-order valence-electron chi connectivity index (χ0n) is 17.6. The van der Waals surface area contributed by atoms with Crippen molar-refractivity contribution in [1.29, 1.82) is 0 Å². The molecule has 0 saturated carbocycles. The molecule has 0 bridgehead atoms. The molecule has 1 saturated heterocycles. The van der Waals surface area contributed by atoms with E-state index in [-0.39, 0.29) is 12.0 Å². The zero-order chi connectivity index (χ0) is 20.6. The van der Waals surface area contributed by atoms with E-state index in [9.17, 15) is 4.79 Å². The first-order valence-electron chi connectivity index (χ1n) is 10.3. The summed E-state index contributed by atoms with van der Waals surface area (Å²) in [5.74, 6) is 1.04. The standard InChI is InChI=1S/C23H31N3O3/c1-4-26(5-2)23(27)17-25-12-13-29-22(16-25)21-11-8-19(15-24-21)14-18-6-9-20(28-3)10-7-18/h6-11,15,22H,4-5,12-14,16-17H2,1-3H3. The van der Waals surface area contributed by atoms with Gasteiger partial charge >= 0.3 is 0 Å². The van der Waals surface area contributed by atoms with Crippen LogP contribution in [0.4, 0.5) is 0 Å². The summed E-state index contributed by atoms with van der Waals surface area (Å²) in [5.41, 5.74) is 3.29. The molecule has 6 heteroatoms. The SMILES string of the molecule is CCN(CC)C(=O)CN1CCOC(c2ccc(Cc3ccc(OC)cc3)cn2)C1. The van der Waals surface area contributed by atoms with Gasteiger partial charge in [0.2, 0.25) is 5.91 Å². The number of amides is 1. The molecule has 1 atom stereocenters. The second-order valence-electron chi connectivity index (χ2n) is 7.28. The van der Waals surface area contributed by atoms with Crippen molar-refractivity contribution >= 4 is 5.91 Å². The van der Waals surface area contributed by atoms with E-state index in [1.54, 1.807) is 7.11 Å². The van der Waals surface area contributed by atoms with E-state index in [2.05, 4.69) is 28.1 Å². The van der Waals surface area contributed by atoms with Crippen LogP contribution in [-0.2, 0) is 16.0 Å². The molecule has 2 aromatic rings. The van der Waals surface area contributed by atoms with Gasteiger partial charge in [-0.1, -0.05) is 18.2 Å². The lowest BCUT2D eigenvalue weighted by molar-refractivity contribution is -0.134. The van der Waals surface area contributed by atoms with Crippen molar-refractivity contribution in [1.82, 2.24) is 14.8 Å². The molecule has 1 aliphatic heterocycles. The quantitative estimate of drug-likeness (QED) is 0.686. The molecule has 6 nitrogen and oxygen atoms in total. The lowest BCUT2D eigenvalue weighted by Gasteiger charge is -2.33. The van der Waals surface area contributed by atoms with Crippen LogP contribution < -0.4 is 4.74 Å². The van der Waals surface area contributed by atoms with Crippen LogP contribution in [0.25, 0.3) is 0 Å². The number of carbonyl (C=O) groups is 1. The van der Waals surface area contributed by atoms with Gasteiger partial charge < -0.3 is 14.4 Å². The van der Waals surface area contributed by atoms with Gasteiger partial charge in [0.15, 0.2) is 0 Å². The van der Waals surface area contributed by atoms with Gasteiger partial charge in [-0.25, -0.2) is 0 Å². The molecular weight excluding hydrogens is 366 g/mol. The number of morpholine rings is 1. The molecule has 1 aromatic heterocycles. The Hall–Kier alpha value is -2.44. The van der Waals surface area contributed by atoms with Crippen LogP contribution in [0.1, 0.15) is 36.8 Å². The summed E-state index contributed by atoms with van der Waals surface area (Å²) in [7, 11) is 1.67. The van der Waals surface area contributed by atoms with Crippen LogP contribution in [0.15, 0.2) is 42.6 Å². The third-order valence-electron chi connectivity index (χ3n) is 5.37. The summed E-state index contributed by atoms with van der Waals surface area (Å²) in [6, 6.07) is 12.2. The van der Waals surface area contributed by atoms with Crippen molar-refractivity contribution < 1.29 is 14.3 Å². The minimum Gasteiger partial charge on any atom is -0.497 e. The Morgan fingerprint density at radius 2 is 1.90 bits per heavy atom. The Bertz CT molecular complexity index is 773. The monoisotopic (exact) mass is 397 g/mol. The maximum Gasteiger partial charge on any atom is 0.236 e. The number of hydrogen-bond acceptors (Lipinski definition) is 5. The second kappa shape index (κ2) is 10.4.